The van der Waals surface area contributed by atoms with E-state index in [4.69, 9.17) is 9.52 Å². The van der Waals surface area contributed by atoms with Crippen molar-refractivity contribution in [3.8, 4) is 11.1 Å². The largest absolute Gasteiger partial charge is 0.359 e. The van der Waals surface area contributed by atoms with E-state index in [-0.39, 0.29) is 5.91 Å². The molecule has 1 saturated carbocycles. The minimum absolute atomic E-state index is 0.224. The lowest BCUT2D eigenvalue weighted by molar-refractivity contribution is -0.131. The van der Waals surface area contributed by atoms with Crippen molar-refractivity contribution in [2.75, 3.05) is 4.72 Å². The molecule has 212 valence electrons. The summed E-state index contributed by atoms with van der Waals surface area (Å²) in [7, 11) is 0. The number of benzene rings is 2. The Hall–Kier alpha value is -3.06. The van der Waals surface area contributed by atoms with Crippen LogP contribution in [0.3, 0.4) is 0 Å². The first-order chi connectivity index (χ1) is 19.5. The molecule has 1 aromatic heterocycles. The molecule has 1 spiro atoms. The molecule has 0 saturated heterocycles. The molecule has 40 heavy (non-hydrogen) atoms. The van der Waals surface area contributed by atoms with E-state index in [1.165, 1.54) is 22.3 Å². The van der Waals surface area contributed by atoms with Crippen molar-refractivity contribution in [2.45, 2.75) is 109 Å². The normalized spacial score (nSPS) is 16.2. The Morgan fingerprint density at radius 2 is 1.75 bits per heavy atom. The highest BCUT2D eigenvalue weighted by atomic mass is 32.2. The van der Waals surface area contributed by atoms with Crippen LogP contribution in [0.4, 0.5) is 5.82 Å². The maximum absolute atomic E-state index is 13.7. The summed E-state index contributed by atoms with van der Waals surface area (Å²) in [6.07, 6.45) is 10.3. The standard InChI is InChI=1S/C33H42N4O2S/c1-5-7-13-26-21-25(22-37-30(16-8-6-2)34-33(32(37)38)19-11-12-20-33)17-18-27(26)28-14-9-10-15-29(28)40-36-31-23(3)24(4)39-35-31/h9-10,14-15,17-18,21H,5-8,11-13,16,19-20,22H2,1-4H3,(H,35,36). The van der Waals surface area contributed by atoms with Gasteiger partial charge in [0.25, 0.3) is 5.91 Å². The summed E-state index contributed by atoms with van der Waals surface area (Å²) in [5, 5.41) is 4.16. The predicted octanol–water partition coefficient (Wildman–Crippen LogP) is 8.66. The van der Waals surface area contributed by atoms with Gasteiger partial charge in [-0.05, 0) is 86.2 Å². The second kappa shape index (κ2) is 12.6. The third kappa shape index (κ3) is 5.85. The van der Waals surface area contributed by atoms with Crippen LogP contribution in [0.2, 0.25) is 0 Å². The minimum Gasteiger partial charge on any atom is -0.359 e. The summed E-state index contributed by atoms with van der Waals surface area (Å²) in [4.78, 5) is 21.9. The van der Waals surface area contributed by atoms with Crippen LogP contribution >= 0.6 is 11.9 Å². The molecule has 1 amide bonds. The van der Waals surface area contributed by atoms with Crippen LogP contribution in [-0.4, -0.2) is 27.3 Å². The van der Waals surface area contributed by atoms with E-state index < -0.39 is 5.54 Å². The van der Waals surface area contributed by atoms with Crippen molar-refractivity contribution in [1.29, 1.82) is 0 Å². The number of rotatable bonds is 12. The van der Waals surface area contributed by atoms with E-state index >= 15 is 0 Å². The van der Waals surface area contributed by atoms with Gasteiger partial charge in [0.15, 0.2) is 5.82 Å². The zero-order chi connectivity index (χ0) is 28.1. The first-order valence-corrected chi connectivity index (χ1v) is 15.7. The van der Waals surface area contributed by atoms with E-state index in [1.807, 2.05) is 18.7 Å². The van der Waals surface area contributed by atoms with Crippen LogP contribution in [0.5, 0.6) is 0 Å². The lowest BCUT2D eigenvalue weighted by atomic mass is 9.93. The highest BCUT2D eigenvalue weighted by Crippen LogP contribution is 2.41. The second-order valence-corrected chi connectivity index (χ2v) is 12.1. The highest BCUT2D eigenvalue weighted by Gasteiger charge is 2.49. The monoisotopic (exact) mass is 558 g/mol. The number of carbonyl (C=O) groups is 1. The summed E-state index contributed by atoms with van der Waals surface area (Å²) >= 11 is 1.56. The van der Waals surface area contributed by atoms with E-state index in [1.54, 1.807) is 11.9 Å². The third-order valence-electron chi connectivity index (χ3n) is 8.38. The zero-order valence-corrected chi connectivity index (χ0v) is 25.2. The first kappa shape index (κ1) is 28.5. The van der Waals surface area contributed by atoms with Crippen molar-refractivity contribution >= 4 is 29.5 Å². The predicted molar refractivity (Wildman–Crippen MR) is 165 cm³/mol. The van der Waals surface area contributed by atoms with Gasteiger partial charge in [-0.2, -0.15) is 0 Å². The van der Waals surface area contributed by atoms with Crippen molar-refractivity contribution in [3.05, 3.63) is 64.9 Å². The third-order valence-corrected chi connectivity index (χ3v) is 9.26. The highest BCUT2D eigenvalue weighted by molar-refractivity contribution is 8.00. The molecule has 0 atom stereocenters. The topological polar surface area (TPSA) is 70.7 Å². The number of amidine groups is 1. The zero-order valence-electron chi connectivity index (χ0n) is 24.4. The number of carbonyl (C=O) groups excluding carboxylic acids is 1. The number of hydrogen-bond donors (Lipinski definition) is 1. The summed E-state index contributed by atoms with van der Waals surface area (Å²) in [6.45, 7) is 8.98. The summed E-state index contributed by atoms with van der Waals surface area (Å²) < 4.78 is 8.72. The fourth-order valence-electron chi connectivity index (χ4n) is 5.86. The molecule has 3 aromatic rings. The van der Waals surface area contributed by atoms with Crippen LogP contribution in [0.15, 0.2) is 56.9 Å². The number of aromatic nitrogens is 1. The Morgan fingerprint density at radius 1 is 1.00 bits per heavy atom. The Kier molecular flexibility index (Phi) is 8.99. The molecule has 0 bridgehead atoms. The van der Waals surface area contributed by atoms with E-state index in [9.17, 15) is 4.79 Å². The summed E-state index contributed by atoms with van der Waals surface area (Å²) in [5.74, 6) is 2.81. The minimum atomic E-state index is -0.488. The molecule has 5 rings (SSSR count). The van der Waals surface area contributed by atoms with E-state index in [0.717, 1.165) is 92.1 Å². The Morgan fingerprint density at radius 3 is 2.48 bits per heavy atom. The molecule has 7 heteroatoms. The smallest absolute Gasteiger partial charge is 0.256 e. The Balaban J connectivity index is 1.42. The van der Waals surface area contributed by atoms with Crippen LogP contribution < -0.4 is 4.72 Å². The van der Waals surface area contributed by atoms with Gasteiger partial charge in [0.05, 0.1) is 6.54 Å². The maximum Gasteiger partial charge on any atom is 0.256 e. The molecule has 2 aromatic carbocycles. The number of anilines is 1. The van der Waals surface area contributed by atoms with Gasteiger partial charge in [-0.1, -0.05) is 81.1 Å². The summed E-state index contributed by atoms with van der Waals surface area (Å²) in [6, 6.07) is 15.3. The van der Waals surface area contributed by atoms with Gasteiger partial charge < -0.3 is 9.25 Å². The molecule has 2 aliphatic rings. The van der Waals surface area contributed by atoms with Crippen molar-refractivity contribution < 1.29 is 9.32 Å². The summed E-state index contributed by atoms with van der Waals surface area (Å²) in [5.41, 5.74) is 5.49. The molecule has 0 unspecified atom stereocenters. The van der Waals surface area contributed by atoms with Crippen LogP contribution in [0.1, 0.15) is 94.1 Å². The van der Waals surface area contributed by atoms with E-state index in [2.05, 4.69) is 66.2 Å². The van der Waals surface area contributed by atoms with Gasteiger partial charge in [0.1, 0.15) is 17.1 Å². The number of nitrogens with one attached hydrogen (secondary N) is 1. The van der Waals surface area contributed by atoms with Crippen LogP contribution in [0.25, 0.3) is 11.1 Å². The molecule has 2 heterocycles. The number of hydrogen-bond acceptors (Lipinski definition) is 6. The second-order valence-electron chi connectivity index (χ2n) is 11.3. The number of aliphatic imine (C=N–C) groups is 1. The number of unbranched alkanes of at least 4 members (excludes halogenated alkanes) is 2. The lowest BCUT2D eigenvalue weighted by Crippen LogP contribution is -2.40. The molecule has 1 fully saturated rings. The number of nitrogens with zero attached hydrogens (tertiary/aromatic N) is 3. The lowest BCUT2D eigenvalue weighted by Gasteiger charge is -2.23. The first-order valence-electron chi connectivity index (χ1n) is 14.9. The fraction of sp³-hybridized carbons (Fsp3) is 0.485. The number of aryl methyl sites for hydroxylation is 2. The van der Waals surface area contributed by atoms with Gasteiger partial charge in [-0.15, -0.1) is 0 Å². The maximum atomic E-state index is 13.7. The SMILES string of the molecule is CCCCC1=NC2(CCCC2)C(=O)N1Cc1ccc(-c2ccccc2SNc2noc(C)c2C)c(CCCC)c1. The molecule has 0 radical (unpaired) electrons. The van der Waals surface area contributed by atoms with Crippen molar-refractivity contribution in [3.63, 3.8) is 0 Å². The average Bonchev–Trinajstić information content (AvgIpc) is 3.65. The molecule has 1 N–H and O–H groups in total. The van der Waals surface area contributed by atoms with Gasteiger partial charge in [-0.3, -0.25) is 14.7 Å². The van der Waals surface area contributed by atoms with Crippen molar-refractivity contribution in [2.24, 2.45) is 4.99 Å². The van der Waals surface area contributed by atoms with Gasteiger partial charge in [-0.25, -0.2) is 0 Å². The fourth-order valence-corrected chi connectivity index (χ4v) is 6.69. The molecular formula is C33H42N4O2S. The molecular weight excluding hydrogens is 516 g/mol. The van der Waals surface area contributed by atoms with E-state index in [0.29, 0.717) is 6.54 Å². The van der Waals surface area contributed by atoms with Crippen LogP contribution in [0, 0.1) is 13.8 Å². The quantitative estimate of drug-likeness (QED) is 0.225. The average molecular weight is 559 g/mol. The van der Waals surface area contributed by atoms with Gasteiger partial charge in [0, 0.05) is 16.9 Å². The van der Waals surface area contributed by atoms with Crippen molar-refractivity contribution in [1.82, 2.24) is 10.1 Å². The van der Waals surface area contributed by atoms with Gasteiger partial charge in [0.2, 0.25) is 0 Å². The molecule has 1 aliphatic carbocycles. The number of amides is 1. The van der Waals surface area contributed by atoms with Gasteiger partial charge >= 0.3 is 0 Å². The molecule has 1 aliphatic heterocycles. The Labute approximate surface area is 243 Å². The molecule has 6 nitrogen and oxygen atoms in total. The Bertz CT molecular complexity index is 1370. The van der Waals surface area contributed by atoms with Crippen LogP contribution in [-0.2, 0) is 17.8 Å².